The summed E-state index contributed by atoms with van der Waals surface area (Å²) < 4.78 is 15.2. The van der Waals surface area contributed by atoms with Crippen molar-refractivity contribution in [1.82, 2.24) is 19.5 Å². The second kappa shape index (κ2) is 3.86. The van der Waals surface area contributed by atoms with Gasteiger partial charge in [0.25, 0.3) is 0 Å². The summed E-state index contributed by atoms with van der Waals surface area (Å²) >= 11 is 0. The van der Waals surface area contributed by atoms with Crippen LogP contribution in [0.3, 0.4) is 0 Å². The van der Waals surface area contributed by atoms with Crippen LogP contribution in [0.2, 0.25) is 0 Å². The number of nitrogen functional groups attached to an aromatic ring is 1. The topological polar surface area (TPSA) is 81.7 Å². The minimum atomic E-state index is -0.548. The Kier molecular flexibility index (Phi) is 2.53. The van der Waals surface area contributed by atoms with E-state index in [4.69, 9.17) is 5.84 Å². The first-order valence-corrected chi connectivity index (χ1v) is 4.61. The van der Waals surface area contributed by atoms with Crippen molar-refractivity contribution in [3.05, 3.63) is 24.0 Å². The molecule has 0 spiro atoms. The summed E-state index contributed by atoms with van der Waals surface area (Å²) in [6, 6.07) is 0. The molecule has 16 heavy (non-hydrogen) atoms. The molecule has 0 aliphatic heterocycles. The van der Waals surface area contributed by atoms with Gasteiger partial charge in [-0.3, -0.25) is 0 Å². The van der Waals surface area contributed by atoms with Gasteiger partial charge in [0, 0.05) is 7.05 Å². The second-order valence-corrected chi connectivity index (χ2v) is 3.33. The molecule has 2 rings (SSSR count). The average Bonchev–Trinajstić information content (AvgIpc) is 2.68. The Morgan fingerprint density at radius 3 is 2.75 bits per heavy atom. The van der Waals surface area contributed by atoms with Crippen molar-refractivity contribution < 1.29 is 4.39 Å². The van der Waals surface area contributed by atoms with Crippen molar-refractivity contribution >= 4 is 5.82 Å². The van der Waals surface area contributed by atoms with E-state index in [1.54, 1.807) is 31.1 Å². The Bertz CT molecular complexity index is 521. The molecule has 2 aromatic heterocycles. The van der Waals surface area contributed by atoms with Crippen LogP contribution in [0.5, 0.6) is 0 Å². The molecule has 2 aromatic rings. The highest BCUT2D eigenvalue weighted by atomic mass is 19.1. The van der Waals surface area contributed by atoms with Gasteiger partial charge in [0.2, 0.25) is 0 Å². The summed E-state index contributed by atoms with van der Waals surface area (Å²) in [5.74, 6) is 4.99. The van der Waals surface area contributed by atoms with Crippen LogP contribution in [0.4, 0.5) is 10.2 Å². The smallest absolute Gasteiger partial charge is 0.187 e. The van der Waals surface area contributed by atoms with Gasteiger partial charge in [-0.25, -0.2) is 25.2 Å². The zero-order valence-corrected chi connectivity index (χ0v) is 8.90. The van der Waals surface area contributed by atoms with Crippen molar-refractivity contribution in [1.29, 1.82) is 0 Å². The zero-order chi connectivity index (χ0) is 11.7. The number of aromatic nitrogens is 4. The average molecular weight is 222 g/mol. The molecule has 2 heterocycles. The molecule has 0 bridgehead atoms. The van der Waals surface area contributed by atoms with Gasteiger partial charge < -0.3 is 9.99 Å². The lowest BCUT2D eigenvalue weighted by Crippen LogP contribution is -2.13. The summed E-state index contributed by atoms with van der Waals surface area (Å²) in [4.78, 5) is 12.0. The molecule has 0 unspecified atom stereocenters. The molecule has 0 aliphatic rings. The lowest BCUT2D eigenvalue weighted by molar-refractivity contribution is 0.606. The lowest BCUT2D eigenvalue weighted by Gasteiger charge is -2.07. The number of aryl methyl sites for hydroxylation is 2. The number of anilines is 1. The zero-order valence-electron chi connectivity index (χ0n) is 8.90. The summed E-state index contributed by atoms with van der Waals surface area (Å²) in [6.07, 6.45) is 3.22. The van der Waals surface area contributed by atoms with Crippen LogP contribution < -0.4 is 11.3 Å². The van der Waals surface area contributed by atoms with Gasteiger partial charge in [-0.2, -0.15) is 0 Å². The minimum absolute atomic E-state index is 0.0244. The highest BCUT2D eigenvalue weighted by Crippen LogP contribution is 2.19. The molecule has 0 saturated carbocycles. The van der Waals surface area contributed by atoms with Crippen LogP contribution in [-0.2, 0) is 7.05 Å². The molecule has 0 atom stereocenters. The maximum Gasteiger partial charge on any atom is 0.187 e. The molecule has 84 valence electrons. The van der Waals surface area contributed by atoms with E-state index < -0.39 is 5.82 Å². The maximum absolute atomic E-state index is 13.4. The third-order valence-corrected chi connectivity index (χ3v) is 2.20. The molecule has 0 amide bonds. The largest absolute Gasteiger partial charge is 0.331 e. The molecule has 0 saturated heterocycles. The molecule has 0 radical (unpaired) electrons. The highest BCUT2D eigenvalue weighted by molar-refractivity contribution is 5.53. The van der Waals surface area contributed by atoms with Crippen LogP contribution in [0.15, 0.2) is 12.5 Å². The van der Waals surface area contributed by atoms with E-state index in [0.29, 0.717) is 11.5 Å². The molecule has 0 aliphatic carbocycles. The quantitative estimate of drug-likeness (QED) is 0.574. The van der Waals surface area contributed by atoms with E-state index in [-0.39, 0.29) is 11.5 Å². The Labute approximate surface area is 91.3 Å². The molecule has 7 heteroatoms. The van der Waals surface area contributed by atoms with E-state index in [0.717, 1.165) is 0 Å². The Morgan fingerprint density at radius 1 is 1.44 bits per heavy atom. The number of halogens is 1. The lowest BCUT2D eigenvalue weighted by atomic mass is 10.3. The first-order valence-electron chi connectivity index (χ1n) is 4.61. The number of hydrazine groups is 1. The van der Waals surface area contributed by atoms with E-state index >= 15 is 0 Å². The number of hydrogen-bond donors (Lipinski definition) is 2. The predicted molar refractivity (Wildman–Crippen MR) is 56.7 cm³/mol. The van der Waals surface area contributed by atoms with Crippen LogP contribution in [0.25, 0.3) is 11.5 Å². The van der Waals surface area contributed by atoms with Crippen molar-refractivity contribution in [3.8, 4) is 11.5 Å². The number of hydrogen-bond acceptors (Lipinski definition) is 5. The predicted octanol–water partition coefficient (Wildman–Crippen LogP) is 0.610. The van der Waals surface area contributed by atoms with Crippen molar-refractivity contribution in [2.24, 2.45) is 12.9 Å². The van der Waals surface area contributed by atoms with Gasteiger partial charge in [0.15, 0.2) is 17.5 Å². The van der Waals surface area contributed by atoms with Crippen molar-refractivity contribution in [3.63, 3.8) is 0 Å². The normalized spacial score (nSPS) is 10.5. The fraction of sp³-hybridized carbons (Fsp3) is 0.222. The monoisotopic (exact) mass is 222 g/mol. The second-order valence-electron chi connectivity index (χ2n) is 3.33. The van der Waals surface area contributed by atoms with Gasteiger partial charge >= 0.3 is 0 Å². The molecule has 0 aromatic carbocycles. The summed E-state index contributed by atoms with van der Waals surface area (Å²) in [5.41, 5.74) is 3.13. The fourth-order valence-corrected chi connectivity index (χ4v) is 1.34. The first-order chi connectivity index (χ1) is 7.63. The maximum atomic E-state index is 13.4. The van der Waals surface area contributed by atoms with Gasteiger partial charge in [-0.15, -0.1) is 0 Å². The number of imidazole rings is 1. The van der Waals surface area contributed by atoms with E-state index in [2.05, 4.69) is 20.4 Å². The standard InChI is InChI=1S/C9H11FN6/c1-5-7(10)9(15-11)14-8(13-5)6-3-12-4-16(6)2/h3-4H,11H2,1-2H3,(H,13,14,15). The summed E-state index contributed by atoms with van der Waals surface area (Å²) in [7, 11) is 1.81. The number of nitrogens with one attached hydrogen (secondary N) is 1. The van der Waals surface area contributed by atoms with E-state index in [9.17, 15) is 4.39 Å². The summed E-state index contributed by atoms with van der Waals surface area (Å²) in [6.45, 7) is 1.55. The van der Waals surface area contributed by atoms with Gasteiger partial charge in [-0.1, -0.05) is 0 Å². The molecule has 6 nitrogen and oxygen atoms in total. The molecule has 0 fully saturated rings. The van der Waals surface area contributed by atoms with Crippen LogP contribution in [-0.4, -0.2) is 19.5 Å². The van der Waals surface area contributed by atoms with Crippen LogP contribution >= 0.6 is 0 Å². The van der Waals surface area contributed by atoms with E-state index in [1.807, 2.05) is 0 Å². The SMILES string of the molecule is Cc1nc(-c2cncn2C)nc(NN)c1F. The number of nitrogens with zero attached hydrogens (tertiary/aromatic N) is 4. The van der Waals surface area contributed by atoms with Gasteiger partial charge in [-0.05, 0) is 6.92 Å². The first kappa shape index (κ1) is 10.5. The van der Waals surface area contributed by atoms with E-state index in [1.165, 1.54) is 0 Å². The Morgan fingerprint density at radius 2 is 2.19 bits per heavy atom. The molecular formula is C9H11FN6. The number of nitrogens with two attached hydrogens (primary N) is 1. The third kappa shape index (κ3) is 1.61. The number of rotatable bonds is 2. The van der Waals surface area contributed by atoms with Crippen molar-refractivity contribution in [2.45, 2.75) is 6.92 Å². The van der Waals surface area contributed by atoms with Crippen LogP contribution in [0, 0.1) is 12.7 Å². The van der Waals surface area contributed by atoms with Crippen molar-refractivity contribution in [2.75, 3.05) is 5.43 Å². The van der Waals surface area contributed by atoms with Gasteiger partial charge in [0.05, 0.1) is 18.2 Å². The summed E-state index contributed by atoms with van der Waals surface area (Å²) in [5, 5.41) is 0. The Balaban J connectivity index is 2.59. The Hall–Kier alpha value is -2.02. The fourth-order valence-electron chi connectivity index (χ4n) is 1.34. The minimum Gasteiger partial charge on any atom is -0.331 e. The third-order valence-electron chi connectivity index (χ3n) is 2.20. The molecule has 3 N–H and O–H groups in total. The van der Waals surface area contributed by atoms with Crippen LogP contribution in [0.1, 0.15) is 5.69 Å². The molecular weight excluding hydrogens is 211 g/mol. The highest BCUT2D eigenvalue weighted by Gasteiger charge is 2.13. The van der Waals surface area contributed by atoms with Gasteiger partial charge in [0.1, 0.15) is 5.69 Å².